The lowest BCUT2D eigenvalue weighted by atomic mass is 10.1. The highest BCUT2D eigenvalue weighted by molar-refractivity contribution is 7.89. The van der Waals surface area contributed by atoms with Crippen LogP contribution in [0, 0.1) is 6.92 Å². The number of ether oxygens (including phenoxy) is 1. The minimum atomic E-state index is -3.59. The van der Waals surface area contributed by atoms with Gasteiger partial charge in [0.2, 0.25) is 10.0 Å². The Morgan fingerprint density at radius 1 is 0.966 bits per heavy atom. The van der Waals surface area contributed by atoms with E-state index in [1.54, 1.807) is 13.8 Å². The Kier molecular flexibility index (Phi) is 7.92. The summed E-state index contributed by atoms with van der Waals surface area (Å²) >= 11 is 0. The second-order valence-electron chi connectivity index (χ2n) is 6.45. The number of benzene rings is 2. The molecule has 1 amide bonds. The fourth-order valence-electron chi connectivity index (χ4n) is 2.65. The highest BCUT2D eigenvalue weighted by atomic mass is 32.2. The van der Waals surface area contributed by atoms with Gasteiger partial charge in [0.05, 0.1) is 10.5 Å². The van der Waals surface area contributed by atoms with E-state index in [0.29, 0.717) is 19.6 Å². The molecule has 1 N–H and O–H groups in total. The van der Waals surface area contributed by atoms with Crippen LogP contribution in [0.5, 0.6) is 0 Å². The van der Waals surface area contributed by atoms with Gasteiger partial charge >= 0.3 is 5.97 Å². The van der Waals surface area contributed by atoms with Crippen molar-refractivity contribution in [1.82, 2.24) is 9.62 Å². The average molecular weight is 419 g/mol. The summed E-state index contributed by atoms with van der Waals surface area (Å²) in [5.74, 6) is -1.11. The maximum Gasteiger partial charge on any atom is 0.338 e. The van der Waals surface area contributed by atoms with Crippen LogP contribution in [0.2, 0.25) is 0 Å². The predicted octanol–water partition coefficient (Wildman–Crippen LogP) is 2.50. The van der Waals surface area contributed by atoms with E-state index in [1.165, 1.54) is 28.6 Å². The van der Waals surface area contributed by atoms with Gasteiger partial charge in [-0.3, -0.25) is 4.79 Å². The Bertz CT molecular complexity index is 934. The molecule has 0 radical (unpaired) electrons. The number of amides is 1. The Morgan fingerprint density at radius 3 is 2.10 bits per heavy atom. The fourth-order valence-corrected chi connectivity index (χ4v) is 4.11. The van der Waals surface area contributed by atoms with Crippen molar-refractivity contribution in [2.24, 2.45) is 0 Å². The van der Waals surface area contributed by atoms with Gasteiger partial charge in [0.1, 0.15) is 0 Å². The average Bonchev–Trinajstić information content (AvgIpc) is 2.72. The number of hydrogen-bond donors (Lipinski definition) is 1. The summed E-state index contributed by atoms with van der Waals surface area (Å²) in [7, 11) is -3.59. The van der Waals surface area contributed by atoms with Gasteiger partial charge in [-0.05, 0) is 36.8 Å². The lowest BCUT2D eigenvalue weighted by Crippen LogP contribution is -2.30. The van der Waals surface area contributed by atoms with Crippen LogP contribution in [0.3, 0.4) is 0 Å². The number of hydrogen-bond acceptors (Lipinski definition) is 5. The Hall–Kier alpha value is -2.71. The normalized spacial score (nSPS) is 11.3. The van der Waals surface area contributed by atoms with Gasteiger partial charge in [0.25, 0.3) is 5.91 Å². The molecule has 0 heterocycles. The summed E-state index contributed by atoms with van der Waals surface area (Å²) in [6.45, 7) is 6.15. The number of aryl methyl sites for hydroxylation is 1. The van der Waals surface area contributed by atoms with Crippen LogP contribution < -0.4 is 5.32 Å². The van der Waals surface area contributed by atoms with E-state index in [-0.39, 0.29) is 10.5 Å². The zero-order valence-corrected chi connectivity index (χ0v) is 17.7. The number of carbonyl (C=O) groups is 2. The molecule has 0 unspecified atom stereocenters. The standard InChI is InChI=1S/C21H26N2O5S/c1-4-23(5-2)29(26,27)19-12-10-18(11-13-19)21(25)28-15-20(24)22-14-17-8-6-16(3)7-9-17/h6-13H,4-5,14-15H2,1-3H3,(H,22,24). The van der Waals surface area contributed by atoms with Gasteiger partial charge in [-0.2, -0.15) is 4.31 Å². The number of nitrogens with one attached hydrogen (secondary N) is 1. The summed E-state index contributed by atoms with van der Waals surface area (Å²) in [4.78, 5) is 24.1. The molecule has 2 aromatic rings. The minimum Gasteiger partial charge on any atom is -0.452 e. The highest BCUT2D eigenvalue weighted by Gasteiger charge is 2.22. The SMILES string of the molecule is CCN(CC)S(=O)(=O)c1ccc(C(=O)OCC(=O)NCc2ccc(C)cc2)cc1. The quantitative estimate of drug-likeness (QED) is 0.632. The third-order valence-corrected chi connectivity index (χ3v) is 6.44. The summed E-state index contributed by atoms with van der Waals surface area (Å²) in [6, 6.07) is 13.2. The molecule has 156 valence electrons. The molecule has 2 aromatic carbocycles. The van der Waals surface area contributed by atoms with E-state index in [9.17, 15) is 18.0 Å². The first-order valence-electron chi connectivity index (χ1n) is 9.37. The summed E-state index contributed by atoms with van der Waals surface area (Å²) in [5, 5.41) is 2.68. The zero-order chi connectivity index (χ0) is 21.4. The number of rotatable bonds is 9. The largest absolute Gasteiger partial charge is 0.452 e. The summed E-state index contributed by atoms with van der Waals surface area (Å²) < 4.78 is 31.2. The van der Waals surface area contributed by atoms with Gasteiger partial charge in [-0.1, -0.05) is 43.7 Å². The molecular formula is C21H26N2O5S. The molecule has 2 rings (SSSR count). The molecular weight excluding hydrogens is 392 g/mol. The van der Waals surface area contributed by atoms with Crippen LogP contribution >= 0.6 is 0 Å². The first kappa shape index (κ1) is 22.6. The molecule has 0 atom stereocenters. The van der Waals surface area contributed by atoms with Crippen molar-refractivity contribution >= 4 is 21.9 Å². The molecule has 8 heteroatoms. The van der Waals surface area contributed by atoms with Crippen LogP contribution in [0.25, 0.3) is 0 Å². The summed E-state index contributed by atoms with van der Waals surface area (Å²) in [5.41, 5.74) is 2.25. The van der Waals surface area contributed by atoms with Crippen LogP contribution in [-0.4, -0.2) is 44.3 Å². The molecule has 0 aliphatic carbocycles. The number of carbonyl (C=O) groups excluding carboxylic acids is 2. The second-order valence-corrected chi connectivity index (χ2v) is 8.39. The van der Waals surface area contributed by atoms with E-state index in [0.717, 1.165) is 11.1 Å². The molecule has 29 heavy (non-hydrogen) atoms. The monoisotopic (exact) mass is 418 g/mol. The van der Waals surface area contributed by atoms with Crippen molar-refractivity contribution in [2.75, 3.05) is 19.7 Å². The van der Waals surface area contributed by atoms with Crippen molar-refractivity contribution in [3.8, 4) is 0 Å². The third kappa shape index (κ3) is 6.13. The number of nitrogens with zero attached hydrogens (tertiary/aromatic N) is 1. The molecule has 0 saturated carbocycles. The van der Waals surface area contributed by atoms with Gasteiger partial charge in [0.15, 0.2) is 6.61 Å². The molecule has 0 aromatic heterocycles. The second kappa shape index (κ2) is 10.2. The molecule has 0 aliphatic heterocycles. The minimum absolute atomic E-state index is 0.105. The Balaban J connectivity index is 1.89. The molecule has 0 spiro atoms. The van der Waals surface area contributed by atoms with Crippen molar-refractivity contribution in [1.29, 1.82) is 0 Å². The number of sulfonamides is 1. The Labute approximate surface area is 171 Å². The van der Waals surface area contributed by atoms with Crippen molar-refractivity contribution < 1.29 is 22.7 Å². The number of esters is 1. The molecule has 0 bridgehead atoms. The molecule has 0 fully saturated rings. The van der Waals surface area contributed by atoms with Crippen LogP contribution in [0.1, 0.15) is 35.3 Å². The highest BCUT2D eigenvalue weighted by Crippen LogP contribution is 2.16. The van der Waals surface area contributed by atoms with Crippen molar-refractivity contribution in [3.63, 3.8) is 0 Å². The van der Waals surface area contributed by atoms with Crippen LogP contribution in [-0.2, 0) is 26.1 Å². The first-order chi connectivity index (χ1) is 13.8. The van der Waals surface area contributed by atoms with Crippen molar-refractivity contribution in [3.05, 3.63) is 65.2 Å². The van der Waals surface area contributed by atoms with Gasteiger partial charge in [-0.15, -0.1) is 0 Å². The third-order valence-electron chi connectivity index (χ3n) is 4.38. The summed E-state index contributed by atoms with van der Waals surface area (Å²) in [6.07, 6.45) is 0. The molecule has 0 saturated heterocycles. The van der Waals surface area contributed by atoms with E-state index in [2.05, 4.69) is 5.32 Å². The van der Waals surface area contributed by atoms with Crippen LogP contribution in [0.4, 0.5) is 0 Å². The lowest BCUT2D eigenvalue weighted by molar-refractivity contribution is -0.124. The lowest BCUT2D eigenvalue weighted by Gasteiger charge is -2.18. The van der Waals surface area contributed by atoms with E-state index < -0.39 is 28.5 Å². The molecule has 0 aliphatic rings. The predicted molar refractivity (Wildman–Crippen MR) is 110 cm³/mol. The Morgan fingerprint density at radius 2 is 1.55 bits per heavy atom. The van der Waals surface area contributed by atoms with E-state index in [1.807, 2.05) is 31.2 Å². The van der Waals surface area contributed by atoms with Crippen molar-refractivity contribution in [2.45, 2.75) is 32.2 Å². The fraction of sp³-hybridized carbons (Fsp3) is 0.333. The van der Waals surface area contributed by atoms with Crippen LogP contribution in [0.15, 0.2) is 53.4 Å². The molecule has 7 nitrogen and oxygen atoms in total. The topological polar surface area (TPSA) is 92.8 Å². The van der Waals surface area contributed by atoms with Gasteiger partial charge in [-0.25, -0.2) is 13.2 Å². The van der Waals surface area contributed by atoms with E-state index >= 15 is 0 Å². The smallest absolute Gasteiger partial charge is 0.338 e. The maximum atomic E-state index is 12.5. The van der Waals surface area contributed by atoms with Gasteiger partial charge in [0, 0.05) is 19.6 Å². The van der Waals surface area contributed by atoms with Gasteiger partial charge < -0.3 is 10.1 Å². The van der Waals surface area contributed by atoms with E-state index in [4.69, 9.17) is 4.74 Å². The maximum absolute atomic E-state index is 12.5. The zero-order valence-electron chi connectivity index (χ0n) is 16.8. The first-order valence-corrected chi connectivity index (χ1v) is 10.8.